The van der Waals surface area contributed by atoms with Gasteiger partial charge in [0.05, 0.1) is 0 Å². The molecule has 6 aromatic rings. The van der Waals surface area contributed by atoms with Crippen LogP contribution in [0.25, 0.3) is 44.8 Å². The first-order chi connectivity index (χ1) is 22.4. The Kier molecular flexibility index (Phi) is 13.7. The van der Waals surface area contributed by atoms with E-state index in [0.717, 1.165) is 28.1 Å². The molecule has 0 fully saturated rings. The van der Waals surface area contributed by atoms with Crippen molar-refractivity contribution in [3.8, 4) is 44.8 Å². The Morgan fingerprint density at radius 2 is 1.45 bits per heavy atom. The van der Waals surface area contributed by atoms with Gasteiger partial charge in [-0.05, 0) is 90.3 Å². The number of thioether (sulfide) groups is 1. The third kappa shape index (κ3) is 10.1. The van der Waals surface area contributed by atoms with Crippen molar-refractivity contribution >= 4 is 11.8 Å². The summed E-state index contributed by atoms with van der Waals surface area (Å²) < 4.78 is 0. The summed E-state index contributed by atoms with van der Waals surface area (Å²) in [5.74, 6) is 1.19. The summed E-state index contributed by atoms with van der Waals surface area (Å²) in [6.07, 6.45) is 7.67. The summed E-state index contributed by atoms with van der Waals surface area (Å²) in [5.41, 5.74) is 14.0. The Bertz CT molecular complexity index is 1830. The fraction of sp³-hybridized carbons (Fsp3) is 0.209. The number of aryl methyl sites for hydroxylation is 4. The fourth-order valence-electron chi connectivity index (χ4n) is 5.74. The standard InChI is InChI=1S/C23H24NS.C20H18N.Ir/c1-3-4-7-13-25-22-10-8-9-19(17-22)20-14-18(2)15-21(16-20)23-11-5-6-12-24-23;1-14-11-15(2)20(16(3)12-14)18-9-10-19(21-13-18)17-7-5-4-6-8-17;/h5-6,8-12,14,16-17H,3-4,7,13H2,1-2H3;4-7,9-13H,1-3H3;/q2*-1;. The van der Waals surface area contributed by atoms with E-state index in [4.69, 9.17) is 0 Å². The molecule has 47 heavy (non-hydrogen) atoms. The minimum absolute atomic E-state index is 0. The molecule has 0 spiro atoms. The molecule has 0 bridgehead atoms. The van der Waals surface area contributed by atoms with Crippen molar-refractivity contribution in [2.75, 3.05) is 5.75 Å². The first-order valence-electron chi connectivity index (χ1n) is 16.1. The van der Waals surface area contributed by atoms with Gasteiger partial charge < -0.3 is 9.97 Å². The van der Waals surface area contributed by atoms with Gasteiger partial charge in [-0.3, -0.25) is 0 Å². The van der Waals surface area contributed by atoms with Crippen LogP contribution in [-0.2, 0) is 20.1 Å². The number of pyridine rings is 2. The number of hydrogen-bond acceptors (Lipinski definition) is 3. The summed E-state index contributed by atoms with van der Waals surface area (Å²) in [6, 6.07) is 42.5. The molecule has 0 amide bonds. The quantitative estimate of drug-likeness (QED) is 0.0826. The van der Waals surface area contributed by atoms with Gasteiger partial charge in [-0.15, -0.1) is 82.5 Å². The van der Waals surface area contributed by atoms with Crippen LogP contribution in [0.2, 0.25) is 0 Å². The van der Waals surface area contributed by atoms with Gasteiger partial charge >= 0.3 is 0 Å². The van der Waals surface area contributed by atoms with E-state index >= 15 is 0 Å². The van der Waals surface area contributed by atoms with Crippen molar-refractivity contribution in [3.05, 3.63) is 150 Å². The van der Waals surface area contributed by atoms with Crippen LogP contribution < -0.4 is 0 Å². The zero-order valence-corrected chi connectivity index (χ0v) is 31.1. The number of aromatic nitrogens is 2. The molecule has 0 N–H and O–H groups in total. The Balaban J connectivity index is 0.000000211. The third-order valence-electron chi connectivity index (χ3n) is 7.84. The maximum absolute atomic E-state index is 4.60. The Morgan fingerprint density at radius 1 is 0.660 bits per heavy atom. The van der Waals surface area contributed by atoms with Gasteiger partial charge in [-0.25, -0.2) is 0 Å². The first-order valence-corrected chi connectivity index (χ1v) is 17.1. The van der Waals surface area contributed by atoms with Crippen LogP contribution in [0.4, 0.5) is 0 Å². The van der Waals surface area contributed by atoms with E-state index < -0.39 is 0 Å². The second-order valence-corrected chi connectivity index (χ2v) is 12.9. The van der Waals surface area contributed by atoms with Crippen LogP contribution in [0.3, 0.4) is 0 Å². The number of unbranched alkanes of at least 4 members (excludes halogenated alkanes) is 2. The molecule has 1 radical (unpaired) electrons. The van der Waals surface area contributed by atoms with Crippen molar-refractivity contribution in [2.45, 2.75) is 58.8 Å². The average Bonchev–Trinajstić information content (AvgIpc) is 3.08. The van der Waals surface area contributed by atoms with Crippen molar-refractivity contribution in [3.63, 3.8) is 0 Å². The molecule has 0 aliphatic carbocycles. The minimum Gasteiger partial charge on any atom is -0.305 e. The molecule has 0 aliphatic heterocycles. The maximum atomic E-state index is 4.60. The van der Waals surface area contributed by atoms with Crippen LogP contribution in [0.1, 0.15) is 48.4 Å². The van der Waals surface area contributed by atoms with E-state index in [1.807, 2.05) is 66.6 Å². The largest absolute Gasteiger partial charge is 0.305 e. The molecular formula is C43H42IrN2S-2. The summed E-state index contributed by atoms with van der Waals surface area (Å²) in [6.45, 7) is 10.8. The van der Waals surface area contributed by atoms with Crippen LogP contribution in [-0.4, -0.2) is 15.7 Å². The smallest absolute Gasteiger partial charge is 0.0239 e. The van der Waals surface area contributed by atoms with Crippen molar-refractivity contribution in [1.29, 1.82) is 0 Å². The zero-order valence-electron chi connectivity index (χ0n) is 27.9. The Hall–Kier alpha value is -3.82. The topological polar surface area (TPSA) is 25.8 Å². The predicted octanol–water partition coefficient (Wildman–Crippen LogP) is 11.9. The molecule has 0 atom stereocenters. The molecular weight excluding hydrogens is 769 g/mol. The predicted molar refractivity (Wildman–Crippen MR) is 197 cm³/mol. The van der Waals surface area contributed by atoms with Gasteiger partial charge in [0.15, 0.2) is 0 Å². The van der Waals surface area contributed by atoms with Gasteiger partial charge in [0.1, 0.15) is 0 Å². The van der Waals surface area contributed by atoms with E-state index in [9.17, 15) is 0 Å². The SMILES string of the molecule is CCCCCSc1cccc(-c2cc(C)[c-]c(-c3ccccn3)c2)c1.Cc1cc(C)c(-c2ccc(-c3[c-]cccc3)nc2)c(C)c1.[Ir]. The summed E-state index contributed by atoms with van der Waals surface area (Å²) in [7, 11) is 0. The molecule has 0 saturated carbocycles. The number of rotatable bonds is 9. The fourth-order valence-corrected chi connectivity index (χ4v) is 6.71. The molecule has 2 heterocycles. The number of hydrogen-bond donors (Lipinski definition) is 0. The van der Waals surface area contributed by atoms with Crippen LogP contribution in [0.5, 0.6) is 0 Å². The number of nitrogens with zero attached hydrogens (tertiary/aromatic N) is 2. The number of benzene rings is 4. The normalized spacial score (nSPS) is 10.5. The van der Waals surface area contributed by atoms with Crippen LogP contribution >= 0.6 is 11.8 Å². The average molecular weight is 811 g/mol. The second-order valence-electron chi connectivity index (χ2n) is 11.7. The molecule has 4 aromatic carbocycles. The molecule has 241 valence electrons. The molecule has 0 unspecified atom stereocenters. The minimum atomic E-state index is 0. The summed E-state index contributed by atoms with van der Waals surface area (Å²) in [5, 5.41) is 0. The second kappa shape index (κ2) is 17.9. The molecule has 2 aromatic heterocycles. The zero-order chi connectivity index (χ0) is 32.3. The summed E-state index contributed by atoms with van der Waals surface area (Å²) in [4.78, 5) is 10.4. The Morgan fingerprint density at radius 3 is 2.13 bits per heavy atom. The van der Waals surface area contributed by atoms with E-state index in [0.29, 0.717) is 0 Å². The van der Waals surface area contributed by atoms with Gasteiger partial charge in [-0.1, -0.05) is 80.8 Å². The van der Waals surface area contributed by atoms with E-state index in [1.165, 1.54) is 68.9 Å². The molecule has 0 aliphatic rings. The van der Waals surface area contributed by atoms with Gasteiger partial charge in [-0.2, -0.15) is 0 Å². The van der Waals surface area contributed by atoms with Crippen LogP contribution in [0.15, 0.2) is 120 Å². The van der Waals surface area contributed by atoms with Gasteiger partial charge in [0.2, 0.25) is 0 Å². The van der Waals surface area contributed by atoms with E-state index in [2.05, 4.69) is 117 Å². The molecule has 6 rings (SSSR count). The van der Waals surface area contributed by atoms with Crippen molar-refractivity contribution in [2.24, 2.45) is 0 Å². The maximum Gasteiger partial charge on any atom is 0.0239 e. The third-order valence-corrected chi connectivity index (χ3v) is 8.92. The van der Waals surface area contributed by atoms with Gasteiger partial charge in [0.25, 0.3) is 0 Å². The van der Waals surface area contributed by atoms with Crippen LogP contribution in [0, 0.1) is 39.8 Å². The van der Waals surface area contributed by atoms with E-state index in [1.54, 1.807) is 0 Å². The van der Waals surface area contributed by atoms with Gasteiger partial charge in [0, 0.05) is 37.4 Å². The molecule has 4 heteroatoms. The monoisotopic (exact) mass is 811 g/mol. The summed E-state index contributed by atoms with van der Waals surface area (Å²) >= 11 is 1.95. The van der Waals surface area contributed by atoms with Crippen molar-refractivity contribution < 1.29 is 20.1 Å². The van der Waals surface area contributed by atoms with Crippen molar-refractivity contribution in [1.82, 2.24) is 9.97 Å². The van der Waals surface area contributed by atoms with E-state index in [-0.39, 0.29) is 20.1 Å². The Labute approximate surface area is 299 Å². The molecule has 2 nitrogen and oxygen atoms in total. The molecule has 0 saturated heterocycles. The first kappa shape index (κ1) is 36.0.